The first-order chi connectivity index (χ1) is 17.0. The van der Waals surface area contributed by atoms with E-state index in [1.165, 1.54) is 11.1 Å². The molecule has 1 saturated carbocycles. The van der Waals surface area contributed by atoms with Crippen LogP contribution in [0.25, 0.3) is 0 Å². The lowest BCUT2D eigenvalue weighted by Crippen LogP contribution is -2.49. The largest absolute Gasteiger partial charge is 0.493 e. The van der Waals surface area contributed by atoms with Crippen molar-refractivity contribution in [1.29, 1.82) is 0 Å². The minimum Gasteiger partial charge on any atom is -0.493 e. The highest BCUT2D eigenvalue weighted by atomic mass is 19.3. The summed E-state index contributed by atoms with van der Waals surface area (Å²) in [5.74, 6) is -2.27. The number of rotatable bonds is 6. The molecule has 0 spiro atoms. The van der Waals surface area contributed by atoms with Gasteiger partial charge in [-0.1, -0.05) is 0 Å². The van der Waals surface area contributed by atoms with Gasteiger partial charge in [0, 0.05) is 55.3 Å². The average Bonchev–Trinajstić information content (AvgIpc) is 3.01. The van der Waals surface area contributed by atoms with Gasteiger partial charge in [0.05, 0.1) is 17.7 Å². The van der Waals surface area contributed by atoms with Crippen LogP contribution in [0.1, 0.15) is 62.4 Å². The highest BCUT2D eigenvalue weighted by molar-refractivity contribution is 6.12. The van der Waals surface area contributed by atoms with Crippen LogP contribution < -0.4 is 15.0 Å². The number of carbonyl (C=O) groups excluding carboxylic acids is 2. The summed E-state index contributed by atoms with van der Waals surface area (Å²) >= 11 is 0. The van der Waals surface area contributed by atoms with Crippen molar-refractivity contribution in [3.8, 4) is 5.75 Å². The topological polar surface area (TPSA) is 80.8 Å². The van der Waals surface area contributed by atoms with Gasteiger partial charge in [0.1, 0.15) is 11.6 Å². The Morgan fingerprint density at radius 2 is 1.89 bits per heavy atom. The first kappa shape index (κ1) is 24.6. The average molecular weight is 500 g/mol. The maximum absolute atomic E-state index is 13.5. The molecule has 1 saturated heterocycles. The van der Waals surface area contributed by atoms with Gasteiger partial charge in [0.2, 0.25) is 11.8 Å². The van der Waals surface area contributed by atoms with Crippen LogP contribution in [0.4, 0.5) is 20.3 Å². The Morgan fingerprint density at radius 1 is 1.17 bits per heavy atom. The number of nitrogens with one attached hydrogen (secondary N) is 1. The molecule has 3 aliphatic rings. The van der Waals surface area contributed by atoms with E-state index in [-0.39, 0.29) is 42.7 Å². The molecule has 1 N–H and O–H groups in total. The monoisotopic (exact) mass is 499 g/mol. The third kappa shape index (κ3) is 4.56. The lowest BCUT2D eigenvalue weighted by atomic mass is 9.82. The molecule has 3 heterocycles. The molecule has 1 aromatic carbocycles. The zero-order valence-corrected chi connectivity index (χ0v) is 20.8. The lowest BCUT2D eigenvalue weighted by Gasteiger charge is -2.34. The van der Waals surface area contributed by atoms with Gasteiger partial charge in [-0.3, -0.25) is 14.5 Å². The van der Waals surface area contributed by atoms with Crippen molar-refractivity contribution in [1.82, 2.24) is 10.3 Å². The number of nitrogens with zero attached hydrogens (tertiary/aromatic N) is 2. The predicted molar refractivity (Wildman–Crippen MR) is 130 cm³/mol. The van der Waals surface area contributed by atoms with Crippen molar-refractivity contribution >= 4 is 23.3 Å². The van der Waals surface area contributed by atoms with Crippen molar-refractivity contribution in [3.63, 3.8) is 0 Å². The summed E-state index contributed by atoms with van der Waals surface area (Å²) in [6.07, 6.45) is 2.69. The summed E-state index contributed by atoms with van der Waals surface area (Å²) in [7, 11) is 0. The number of halogens is 2. The molecular weight excluding hydrogens is 468 g/mol. The van der Waals surface area contributed by atoms with E-state index in [4.69, 9.17) is 9.47 Å². The Morgan fingerprint density at radius 3 is 2.58 bits per heavy atom. The van der Waals surface area contributed by atoms with Crippen LogP contribution in [0.15, 0.2) is 36.5 Å². The molecule has 2 aliphatic heterocycles. The van der Waals surface area contributed by atoms with Gasteiger partial charge >= 0.3 is 0 Å². The van der Waals surface area contributed by atoms with Crippen LogP contribution in [0.5, 0.6) is 5.75 Å². The van der Waals surface area contributed by atoms with E-state index in [9.17, 15) is 18.4 Å². The number of anilines is 2. The zero-order chi connectivity index (χ0) is 25.7. The quantitative estimate of drug-likeness (QED) is 0.620. The summed E-state index contributed by atoms with van der Waals surface area (Å²) in [4.78, 5) is 32.5. The number of hydrogen-bond donors (Lipinski definition) is 1. The molecular formula is C27H31F2N3O4. The molecule has 0 unspecified atom stereocenters. The minimum absolute atomic E-state index is 0.167. The van der Waals surface area contributed by atoms with Gasteiger partial charge in [0.25, 0.3) is 5.91 Å². The van der Waals surface area contributed by atoms with Gasteiger partial charge < -0.3 is 14.8 Å². The summed E-state index contributed by atoms with van der Waals surface area (Å²) in [5, 5.41) is 3.14. The van der Waals surface area contributed by atoms with Crippen molar-refractivity contribution in [2.75, 3.05) is 24.7 Å². The van der Waals surface area contributed by atoms with E-state index >= 15 is 0 Å². The second-order valence-corrected chi connectivity index (χ2v) is 10.9. The third-order valence-corrected chi connectivity index (χ3v) is 7.53. The SMILES string of the molecule is CC1(NC(=O)c2ccc3c(c2)C(C)(C)C(=O)N3c2cc(OCC3CC(F)(F)C3)ccn2)CCOCC1. The number of benzene rings is 1. The maximum Gasteiger partial charge on any atom is 0.251 e. The van der Waals surface area contributed by atoms with Crippen LogP contribution in [-0.2, 0) is 14.9 Å². The summed E-state index contributed by atoms with van der Waals surface area (Å²) in [5.41, 5.74) is 0.686. The highest BCUT2D eigenvalue weighted by Crippen LogP contribution is 2.46. The second kappa shape index (κ2) is 8.80. The van der Waals surface area contributed by atoms with Crippen molar-refractivity contribution in [3.05, 3.63) is 47.7 Å². The van der Waals surface area contributed by atoms with E-state index in [1.807, 2.05) is 20.8 Å². The molecule has 1 aliphatic carbocycles. The van der Waals surface area contributed by atoms with Crippen LogP contribution >= 0.6 is 0 Å². The van der Waals surface area contributed by atoms with Gasteiger partial charge in [-0.15, -0.1) is 0 Å². The van der Waals surface area contributed by atoms with E-state index in [0.717, 1.165) is 18.4 Å². The van der Waals surface area contributed by atoms with Gasteiger partial charge in [-0.2, -0.15) is 0 Å². The molecule has 0 atom stereocenters. The fraction of sp³-hybridized carbons (Fsp3) is 0.519. The first-order valence-electron chi connectivity index (χ1n) is 12.3. The van der Waals surface area contributed by atoms with Crippen LogP contribution in [0, 0.1) is 5.92 Å². The number of ether oxygens (including phenoxy) is 2. The Bertz CT molecular complexity index is 1190. The molecule has 2 amide bonds. The fourth-order valence-corrected chi connectivity index (χ4v) is 5.13. The van der Waals surface area contributed by atoms with Crippen LogP contribution in [0.2, 0.25) is 0 Å². The van der Waals surface area contributed by atoms with E-state index in [0.29, 0.717) is 36.0 Å². The highest BCUT2D eigenvalue weighted by Gasteiger charge is 2.46. The van der Waals surface area contributed by atoms with E-state index in [1.54, 1.807) is 30.3 Å². The summed E-state index contributed by atoms with van der Waals surface area (Å²) in [6, 6.07) is 8.57. The molecule has 36 heavy (non-hydrogen) atoms. The lowest BCUT2D eigenvalue weighted by molar-refractivity contribution is -0.121. The first-order valence-corrected chi connectivity index (χ1v) is 12.3. The molecule has 2 fully saturated rings. The molecule has 0 radical (unpaired) electrons. The normalized spacial score (nSPS) is 22.0. The summed E-state index contributed by atoms with van der Waals surface area (Å²) in [6.45, 7) is 7.09. The Balaban J connectivity index is 1.36. The number of alkyl halides is 2. The van der Waals surface area contributed by atoms with Crippen molar-refractivity contribution in [2.45, 2.75) is 63.3 Å². The molecule has 9 heteroatoms. The standard InChI is InChI=1S/C27H31F2N3O4/c1-25(2)20-12-18(23(33)31-26(3)7-10-35-11-8-26)4-5-21(20)32(24(25)34)22-13-19(6-9-30-22)36-16-17-14-27(28,29)15-17/h4-6,9,12-13,17H,7-8,10-11,14-16H2,1-3H3,(H,31,33). The number of fused-ring (bicyclic) bond motifs is 1. The number of amides is 2. The molecule has 2 aromatic rings. The van der Waals surface area contributed by atoms with Gasteiger partial charge in [0.15, 0.2) is 0 Å². The van der Waals surface area contributed by atoms with Gasteiger partial charge in [-0.25, -0.2) is 13.8 Å². The molecule has 192 valence electrons. The van der Waals surface area contributed by atoms with Crippen LogP contribution in [-0.4, -0.2) is 48.1 Å². The van der Waals surface area contributed by atoms with Crippen LogP contribution in [0.3, 0.4) is 0 Å². The van der Waals surface area contributed by atoms with E-state index < -0.39 is 11.3 Å². The van der Waals surface area contributed by atoms with Gasteiger partial charge in [-0.05, 0) is 63.4 Å². The Hall–Kier alpha value is -3.07. The maximum atomic E-state index is 13.5. The second-order valence-electron chi connectivity index (χ2n) is 10.9. The number of aromatic nitrogens is 1. The molecule has 0 bridgehead atoms. The number of hydrogen-bond acceptors (Lipinski definition) is 5. The minimum atomic E-state index is -2.59. The van der Waals surface area contributed by atoms with Crippen molar-refractivity contribution < 1.29 is 27.8 Å². The third-order valence-electron chi connectivity index (χ3n) is 7.53. The molecule has 1 aromatic heterocycles. The number of pyridine rings is 1. The number of carbonyl (C=O) groups is 2. The van der Waals surface area contributed by atoms with Crippen molar-refractivity contribution in [2.24, 2.45) is 5.92 Å². The smallest absolute Gasteiger partial charge is 0.251 e. The molecule has 7 nitrogen and oxygen atoms in total. The Labute approximate surface area is 209 Å². The predicted octanol–water partition coefficient (Wildman–Crippen LogP) is 4.76. The zero-order valence-electron chi connectivity index (χ0n) is 20.8. The fourth-order valence-electron chi connectivity index (χ4n) is 5.13. The summed E-state index contributed by atoms with van der Waals surface area (Å²) < 4.78 is 37.4. The molecule has 5 rings (SSSR count). The van der Waals surface area contributed by atoms with E-state index in [2.05, 4.69) is 10.3 Å². The Kier molecular flexibility index (Phi) is 6.01.